The van der Waals surface area contributed by atoms with Gasteiger partial charge in [0.25, 0.3) is 0 Å². The van der Waals surface area contributed by atoms with E-state index in [-0.39, 0.29) is 30.1 Å². The van der Waals surface area contributed by atoms with Crippen LogP contribution >= 0.6 is 0 Å². The zero-order chi connectivity index (χ0) is 18.2. The van der Waals surface area contributed by atoms with Crippen LogP contribution in [-0.2, 0) is 6.42 Å². The molecule has 0 atom stereocenters. The minimum Gasteiger partial charge on any atom is -0.504 e. The average Bonchev–Trinajstić information content (AvgIpc) is 2.61. The fourth-order valence-corrected chi connectivity index (χ4v) is 2.36. The third kappa shape index (κ3) is 4.95. The summed E-state index contributed by atoms with van der Waals surface area (Å²) < 4.78 is 24.6. The molecule has 0 unspecified atom stereocenters. The van der Waals surface area contributed by atoms with Crippen LogP contribution in [0.1, 0.15) is 42.6 Å². The van der Waals surface area contributed by atoms with Gasteiger partial charge in [-0.25, -0.2) is 0 Å². The van der Waals surface area contributed by atoms with Gasteiger partial charge in [-0.3, -0.25) is 4.79 Å². The monoisotopic (exact) mass is 346 g/mol. The van der Waals surface area contributed by atoms with E-state index in [1.807, 2.05) is 0 Å². The van der Waals surface area contributed by atoms with Gasteiger partial charge in [0.15, 0.2) is 17.3 Å². The lowest BCUT2D eigenvalue weighted by molar-refractivity contribution is 0.0989. The van der Waals surface area contributed by atoms with Crippen LogP contribution in [0.4, 0.5) is 4.39 Å². The summed E-state index contributed by atoms with van der Waals surface area (Å²) >= 11 is 0. The molecule has 0 saturated carbocycles. The van der Waals surface area contributed by atoms with Gasteiger partial charge in [0.05, 0.1) is 18.8 Å². The molecule has 25 heavy (non-hydrogen) atoms. The second-order valence-corrected chi connectivity index (χ2v) is 5.65. The molecular formula is C20H23FO4. The molecule has 2 aromatic rings. The van der Waals surface area contributed by atoms with Gasteiger partial charge in [-0.2, -0.15) is 4.39 Å². The van der Waals surface area contributed by atoms with Crippen molar-refractivity contribution in [2.75, 3.05) is 13.2 Å². The lowest BCUT2D eigenvalue weighted by atomic mass is 10.0. The molecule has 134 valence electrons. The number of unbranched alkanes of at least 4 members (excludes halogenated alkanes) is 1. The molecule has 0 amide bonds. The van der Waals surface area contributed by atoms with Crippen LogP contribution in [-0.4, -0.2) is 24.1 Å². The number of benzene rings is 2. The Morgan fingerprint density at radius 1 is 1.08 bits per heavy atom. The topological polar surface area (TPSA) is 55.8 Å². The van der Waals surface area contributed by atoms with E-state index >= 15 is 0 Å². The predicted molar refractivity (Wildman–Crippen MR) is 94.1 cm³/mol. The molecule has 0 aromatic heterocycles. The molecule has 0 fully saturated rings. The highest BCUT2D eigenvalue weighted by Gasteiger charge is 2.18. The highest BCUT2D eigenvalue weighted by molar-refractivity contribution is 6.00. The number of carbonyl (C=O) groups is 1. The summed E-state index contributed by atoms with van der Waals surface area (Å²) in [5, 5.41) is 9.92. The predicted octanol–water partition coefficient (Wildman–Crippen LogP) is 4.53. The average molecular weight is 346 g/mol. The molecular weight excluding hydrogens is 323 g/mol. The first-order valence-electron chi connectivity index (χ1n) is 8.46. The first-order valence-corrected chi connectivity index (χ1v) is 8.46. The molecule has 0 bridgehead atoms. The number of ketones is 1. The molecule has 0 spiro atoms. The zero-order valence-electron chi connectivity index (χ0n) is 14.5. The zero-order valence-corrected chi connectivity index (χ0v) is 14.5. The second kappa shape index (κ2) is 9.06. The minimum atomic E-state index is -0.910. The smallest absolute Gasteiger partial charge is 0.207 e. The summed E-state index contributed by atoms with van der Waals surface area (Å²) in [6.45, 7) is 4.74. The fourth-order valence-electron chi connectivity index (χ4n) is 2.36. The molecule has 2 aromatic carbocycles. The first-order chi connectivity index (χ1) is 12.1. The molecule has 0 saturated heterocycles. The Bertz CT molecular complexity index is 710. The number of Topliss-reactive ketones (excluding diaryl/α,β-unsaturated/α-hetero) is 1. The maximum Gasteiger partial charge on any atom is 0.207 e. The molecule has 0 radical (unpaired) electrons. The molecule has 1 N–H and O–H groups in total. The number of hydrogen-bond acceptors (Lipinski definition) is 4. The van der Waals surface area contributed by atoms with E-state index in [0.29, 0.717) is 6.61 Å². The summed E-state index contributed by atoms with van der Waals surface area (Å²) in [5.74, 6) is -1.26. The number of phenols is 1. The van der Waals surface area contributed by atoms with Gasteiger partial charge in [0.1, 0.15) is 5.75 Å². The Labute approximate surface area is 147 Å². The molecule has 0 aliphatic carbocycles. The third-order valence-corrected chi connectivity index (χ3v) is 3.74. The van der Waals surface area contributed by atoms with Gasteiger partial charge < -0.3 is 14.6 Å². The van der Waals surface area contributed by atoms with Gasteiger partial charge in [-0.05, 0) is 43.2 Å². The highest BCUT2D eigenvalue weighted by atomic mass is 19.1. The number of halogens is 1. The van der Waals surface area contributed by atoms with Gasteiger partial charge in [0.2, 0.25) is 5.82 Å². The normalized spacial score (nSPS) is 10.5. The van der Waals surface area contributed by atoms with Crippen LogP contribution in [0.3, 0.4) is 0 Å². The Kier molecular flexibility index (Phi) is 6.81. The van der Waals surface area contributed by atoms with Crippen LogP contribution in [0, 0.1) is 5.82 Å². The van der Waals surface area contributed by atoms with Crippen molar-refractivity contribution < 1.29 is 23.8 Å². The van der Waals surface area contributed by atoms with E-state index in [9.17, 15) is 14.3 Å². The van der Waals surface area contributed by atoms with Crippen molar-refractivity contribution in [3.05, 3.63) is 53.3 Å². The summed E-state index contributed by atoms with van der Waals surface area (Å²) in [7, 11) is 0. The Hall–Kier alpha value is -2.56. The van der Waals surface area contributed by atoms with Crippen molar-refractivity contribution in [1.29, 1.82) is 0 Å². The van der Waals surface area contributed by atoms with Crippen molar-refractivity contribution >= 4 is 5.78 Å². The number of hydrogen-bond donors (Lipinski definition) is 1. The molecule has 0 heterocycles. The van der Waals surface area contributed by atoms with Crippen LogP contribution in [0.2, 0.25) is 0 Å². The minimum absolute atomic E-state index is 0.0516. The van der Waals surface area contributed by atoms with Crippen molar-refractivity contribution in [2.45, 2.75) is 33.1 Å². The van der Waals surface area contributed by atoms with Crippen LogP contribution < -0.4 is 9.47 Å². The standard InChI is InChI=1S/C20H23FO4/c1-3-5-12-25-15-8-6-14(7-9-15)13-17(22)16-10-11-18(24-4-2)19(21)20(16)23/h6-11,23H,3-5,12-13H2,1-2H3. The number of rotatable bonds is 9. The van der Waals surface area contributed by atoms with E-state index < -0.39 is 11.6 Å². The van der Waals surface area contributed by atoms with E-state index in [1.165, 1.54) is 12.1 Å². The Morgan fingerprint density at radius 3 is 2.44 bits per heavy atom. The Morgan fingerprint density at radius 2 is 1.80 bits per heavy atom. The Balaban J connectivity index is 2.05. The largest absolute Gasteiger partial charge is 0.504 e. The number of carbonyl (C=O) groups excluding carboxylic acids is 1. The quantitative estimate of drug-likeness (QED) is 0.535. The SMILES string of the molecule is CCCCOc1ccc(CC(=O)c2ccc(OCC)c(F)c2O)cc1. The number of ether oxygens (including phenoxy) is 2. The van der Waals surface area contributed by atoms with Crippen molar-refractivity contribution in [2.24, 2.45) is 0 Å². The summed E-state index contributed by atoms with van der Waals surface area (Å²) in [4.78, 5) is 12.4. The van der Waals surface area contributed by atoms with Crippen LogP contribution in [0.5, 0.6) is 17.2 Å². The third-order valence-electron chi connectivity index (χ3n) is 3.74. The van der Waals surface area contributed by atoms with E-state index in [1.54, 1.807) is 31.2 Å². The molecule has 0 aliphatic rings. The summed E-state index contributed by atoms with van der Waals surface area (Å²) in [6.07, 6.45) is 2.12. The van der Waals surface area contributed by atoms with E-state index in [0.717, 1.165) is 24.2 Å². The van der Waals surface area contributed by atoms with Crippen LogP contribution in [0.15, 0.2) is 36.4 Å². The number of phenolic OH excluding ortho intramolecular Hbond substituents is 1. The van der Waals surface area contributed by atoms with Crippen molar-refractivity contribution in [3.63, 3.8) is 0 Å². The lowest BCUT2D eigenvalue weighted by Crippen LogP contribution is -2.06. The second-order valence-electron chi connectivity index (χ2n) is 5.65. The van der Waals surface area contributed by atoms with Gasteiger partial charge in [-0.1, -0.05) is 25.5 Å². The fraction of sp³-hybridized carbons (Fsp3) is 0.350. The molecule has 2 rings (SSSR count). The van der Waals surface area contributed by atoms with Gasteiger partial charge in [-0.15, -0.1) is 0 Å². The maximum absolute atomic E-state index is 14.0. The molecule has 4 nitrogen and oxygen atoms in total. The number of aromatic hydroxyl groups is 1. The highest BCUT2D eigenvalue weighted by Crippen LogP contribution is 2.30. The van der Waals surface area contributed by atoms with Crippen molar-refractivity contribution in [3.8, 4) is 17.2 Å². The van der Waals surface area contributed by atoms with Gasteiger partial charge >= 0.3 is 0 Å². The van der Waals surface area contributed by atoms with E-state index in [2.05, 4.69) is 6.92 Å². The van der Waals surface area contributed by atoms with E-state index in [4.69, 9.17) is 9.47 Å². The molecule has 5 heteroatoms. The summed E-state index contributed by atoms with van der Waals surface area (Å²) in [5.41, 5.74) is 0.714. The molecule has 0 aliphatic heterocycles. The first kappa shape index (κ1) is 18.8. The van der Waals surface area contributed by atoms with Crippen LogP contribution in [0.25, 0.3) is 0 Å². The summed E-state index contributed by atoms with van der Waals surface area (Å²) in [6, 6.07) is 9.93. The van der Waals surface area contributed by atoms with Crippen molar-refractivity contribution in [1.82, 2.24) is 0 Å². The lowest BCUT2D eigenvalue weighted by Gasteiger charge is -2.10. The van der Waals surface area contributed by atoms with Gasteiger partial charge in [0, 0.05) is 6.42 Å². The maximum atomic E-state index is 14.0.